The van der Waals surface area contributed by atoms with Crippen LogP contribution in [-0.4, -0.2) is 16.6 Å². The summed E-state index contributed by atoms with van der Waals surface area (Å²) in [6, 6.07) is 9.15. The van der Waals surface area contributed by atoms with E-state index in [1.165, 1.54) is 18.3 Å². The molecule has 3 nitrogen and oxygen atoms in total. The van der Waals surface area contributed by atoms with Crippen molar-refractivity contribution in [2.45, 2.75) is 5.92 Å². The lowest BCUT2D eigenvalue weighted by Gasteiger charge is -2.06. The highest BCUT2D eigenvalue weighted by molar-refractivity contribution is 6.29. The number of halogens is 1. The zero-order chi connectivity index (χ0) is 12.7. The molecule has 0 unspecified atom stereocenters. The number of hydrogen-bond acceptors (Lipinski definition) is 3. The number of carbonyl (C=O) groups excluding carboxylic acids is 2. The summed E-state index contributed by atoms with van der Waals surface area (Å²) in [7, 11) is 0. The van der Waals surface area contributed by atoms with Crippen LogP contribution < -0.4 is 0 Å². The van der Waals surface area contributed by atoms with Crippen molar-refractivity contribution in [1.29, 1.82) is 0 Å². The molecule has 1 heterocycles. The first-order chi connectivity index (χ1) is 8.70. The Balaban J connectivity index is 2.16. The number of Topliss-reactive ketones (excluding diaryl/α,β-unsaturated/α-hetero) is 2. The van der Waals surface area contributed by atoms with Crippen molar-refractivity contribution in [2.24, 2.45) is 0 Å². The molecule has 1 aliphatic rings. The van der Waals surface area contributed by atoms with Crippen LogP contribution in [0.25, 0.3) is 0 Å². The van der Waals surface area contributed by atoms with Crippen molar-refractivity contribution >= 4 is 11.6 Å². The number of hydrogen-bond donors (Lipinski definition) is 0. The first-order valence-electron chi connectivity index (χ1n) is 5.48. The molecular weight excluding hydrogens is 233 g/mol. The lowest BCUT2D eigenvalue weighted by Crippen LogP contribution is -2.16. The molecule has 0 N–H and O–H groups in total. The third-order valence-corrected chi connectivity index (χ3v) is 3.04. The SMILES string of the molecule is O=C1c2ccccc2C(=O)C1c1ncccc1F. The molecular formula is C14H8FNO2. The maximum Gasteiger partial charge on any atom is 0.180 e. The number of carbonyl (C=O) groups is 2. The Bertz CT molecular complexity index is 631. The van der Waals surface area contributed by atoms with Crippen LogP contribution in [0.3, 0.4) is 0 Å². The quantitative estimate of drug-likeness (QED) is 0.720. The van der Waals surface area contributed by atoms with Crippen molar-refractivity contribution in [2.75, 3.05) is 0 Å². The van der Waals surface area contributed by atoms with Crippen LogP contribution in [0.4, 0.5) is 4.39 Å². The summed E-state index contributed by atoms with van der Waals surface area (Å²) in [6.45, 7) is 0. The van der Waals surface area contributed by atoms with Crippen molar-refractivity contribution in [3.8, 4) is 0 Å². The van der Waals surface area contributed by atoms with E-state index in [-0.39, 0.29) is 17.3 Å². The predicted molar refractivity (Wildman–Crippen MR) is 62.0 cm³/mol. The van der Waals surface area contributed by atoms with Crippen LogP contribution in [0.15, 0.2) is 42.6 Å². The molecule has 3 rings (SSSR count). The van der Waals surface area contributed by atoms with Gasteiger partial charge in [-0.05, 0) is 12.1 Å². The van der Waals surface area contributed by atoms with Crippen molar-refractivity contribution in [3.63, 3.8) is 0 Å². The predicted octanol–water partition coefficient (Wildman–Crippen LogP) is 2.38. The van der Waals surface area contributed by atoms with E-state index in [9.17, 15) is 14.0 Å². The van der Waals surface area contributed by atoms with Gasteiger partial charge in [0, 0.05) is 17.3 Å². The summed E-state index contributed by atoms with van der Waals surface area (Å²) in [5.74, 6) is -2.53. The second-order valence-corrected chi connectivity index (χ2v) is 4.08. The van der Waals surface area contributed by atoms with E-state index in [1.54, 1.807) is 24.3 Å². The highest BCUT2D eigenvalue weighted by Gasteiger charge is 2.41. The minimum atomic E-state index is -1.14. The van der Waals surface area contributed by atoms with Gasteiger partial charge in [0.05, 0.1) is 5.69 Å². The van der Waals surface area contributed by atoms with E-state index in [1.807, 2.05) is 0 Å². The van der Waals surface area contributed by atoms with E-state index in [4.69, 9.17) is 0 Å². The lowest BCUT2D eigenvalue weighted by atomic mass is 9.99. The molecule has 2 aromatic rings. The van der Waals surface area contributed by atoms with Crippen molar-refractivity contribution in [1.82, 2.24) is 4.98 Å². The first-order valence-corrected chi connectivity index (χ1v) is 5.48. The second kappa shape index (κ2) is 3.84. The fourth-order valence-electron chi connectivity index (χ4n) is 2.20. The molecule has 1 aromatic heterocycles. The van der Waals surface area contributed by atoms with Gasteiger partial charge < -0.3 is 0 Å². The average molecular weight is 241 g/mol. The van der Waals surface area contributed by atoms with Crippen molar-refractivity contribution < 1.29 is 14.0 Å². The Morgan fingerprint density at radius 2 is 1.56 bits per heavy atom. The van der Waals surface area contributed by atoms with Gasteiger partial charge in [0.1, 0.15) is 11.7 Å². The lowest BCUT2D eigenvalue weighted by molar-refractivity contribution is 0.0885. The van der Waals surface area contributed by atoms with E-state index in [0.29, 0.717) is 11.1 Å². The van der Waals surface area contributed by atoms with Gasteiger partial charge in [-0.25, -0.2) is 4.39 Å². The standard InChI is InChI=1S/C14H8FNO2/c15-10-6-3-7-16-12(10)11-13(17)8-4-1-2-5-9(8)14(11)18/h1-7,11H. The van der Waals surface area contributed by atoms with E-state index < -0.39 is 11.7 Å². The van der Waals surface area contributed by atoms with Crippen LogP contribution in [0.1, 0.15) is 32.3 Å². The monoisotopic (exact) mass is 241 g/mol. The molecule has 0 fully saturated rings. The van der Waals surface area contributed by atoms with Crippen LogP contribution in [0.5, 0.6) is 0 Å². The number of pyridine rings is 1. The van der Waals surface area contributed by atoms with Gasteiger partial charge in [-0.1, -0.05) is 24.3 Å². The van der Waals surface area contributed by atoms with Gasteiger partial charge in [-0.15, -0.1) is 0 Å². The Labute approximate surface area is 102 Å². The van der Waals surface area contributed by atoms with Gasteiger partial charge in [0.15, 0.2) is 11.6 Å². The van der Waals surface area contributed by atoms with E-state index in [0.717, 1.165) is 0 Å². The molecule has 0 bridgehead atoms. The maximum atomic E-state index is 13.6. The van der Waals surface area contributed by atoms with Crippen LogP contribution in [0.2, 0.25) is 0 Å². The molecule has 0 saturated heterocycles. The van der Waals surface area contributed by atoms with Crippen LogP contribution in [-0.2, 0) is 0 Å². The smallest absolute Gasteiger partial charge is 0.180 e. The number of benzene rings is 1. The fourth-order valence-corrected chi connectivity index (χ4v) is 2.20. The molecule has 4 heteroatoms. The zero-order valence-corrected chi connectivity index (χ0v) is 9.26. The third-order valence-electron chi connectivity index (χ3n) is 3.04. The number of nitrogens with zero attached hydrogens (tertiary/aromatic N) is 1. The number of aromatic nitrogens is 1. The summed E-state index contributed by atoms with van der Waals surface area (Å²) in [4.78, 5) is 28.1. The van der Waals surface area contributed by atoms with E-state index in [2.05, 4.69) is 4.98 Å². The minimum Gasteiger partial charge on any atom is -0.293 e. The Kier molecular flexibility index (Phi) is 2.30. The molecule has 1 aliphatic carbocycles. The Morgan fingerprint density at radius 1 is 0.944 bits per heavy atom. The molecule has 0 atom stereocenters. The molecule has 18 heavy (non-hydrogen) atoms. The maximum absolute atomic E-state index is 13.6. The first kappa shape index (κ1) is 10.8. The Morgan fingerprint density at radius 3 is 2.11 bits per heavy atom. The molecule has 0 saturated carbocycles. The van der Waals surface area contributed by atoms with Gasteiger partial charge in [0.25, 0.3) is 0 Å². The summed E-state index contributed by atoms with van der Waals surface area (Å²) < 4.78 is 13.6. The summed E-state index contributed by atoms with van der Waals surface area (Å²) >= 11 is 0. The summed E-state index contributed by atoms with van der Waals surface area (Å²) in [5, 5.41) is 0. The highest BCUT2D eigenvalue weighted by Crippen LogP contribution is 2.33. The van der Waals surface area contributed by atoms with Gasteiger partial charge in [-0.3, -0.25) is 14.6 Å². The van der Waals surface area contributed by atoms with Crippen LogP contribution >= 0.6 is 0 Å². The normalized spacial score (nSPS) is 14.9. The average Bonchev–Trinajstić information content (AvgIpc) is 2.64. The van der Waals surface area contributed by atoms with Gasteiger partial charge in [-0.2, -0.15) is 0 Å². The molecule has 0 spiro atoms. The molecule has 1 aromatic carbocycles. The number of ketones is 2. The summed E-state index contributed by atoms with van der Waals surface area (Å²) in [5.41, 5.74) is 0.596. The summed E-state index contributed by atoms with van der Waals surface area (Å²) in [6.07, 6.45) is 1.38. The van der Waals surface area contributed by atoms with Gasteiger partial charge >= 0.3 is 0 Å². The highest BCUT2D eigenvalue weighted by atomic mass is 19.1. The molecule has 88 valence electrons. The van der Waals surface area contributed by atoms with Crippen molar-refractivity contribution in [3.05, 3.63) is 65.2 Å². The molecule has 0 radical (unpaired) electrons. The third kappa shape index (κ3) is 1.39. The topological polar surface area (TPSA) is 47.0 Å². The number of rotatable bonds is 1. The number of fused-ring (bicyclic) bond motifs is 1. The molecule has 0 aliphatic heterocycles. The Hall–Kier alpha value is -2.36. The second-order valence-electron chi connectivity index (χ2n) is 4.08. The minimum absolute atomic E-state index is 0.0938. The fraction of sp³-hybridized carbons (Fsp3) is 0.0714. The molecule has 0 amide bonds. The van der Waals surface area contributed by atoms with Gasteiger partial charge in [0.2, 0.25) is 0 Å². The largest absolute Gasteiger partial charge is 0.293 e. The van der Waals surface area contributed by atoms with Crippen LogP contribution in [0, 0.1) is 5.82 Å². The zero-order valence-electron chi connectivity index (χ0n) is 9.26. The van der Waals surface area contributed by atoms with E-state index >= 15 is 0 Å².